The van der Waals surface area contributed by atoms with Crippen molar-refractivity contribution in [2.24, 2.45) is 5.92 Å². The number of carbonyl (C=O) groups excluding carboxylic acids is 2. The highest BCUT2D eigenvalue weighted by atomic mass is 16.5. The van der Waals surface area contributed by atoms with E-state index in [1.165, 1.54) is 0 Å². The predicted octanol–water partition coefficient (Wildman–Crippen LogP) is 1.53. The lowest BCUT2D eigenvalue weighted by atomic mass is 9.93. The van der Waals surface area contributed by atoms with Gasteiger partial charge in [0.1, 0.15) is 5.75 Å². The molecule has 1 fully saturated rings. The minimum Gasteiger partial charge on any atom is -0.494 e. The maximum atomic E-state index is 12.4. The van der Waals surface area contributed by atoms with Crippen LogP contribution in [0.1, 0.15) is 37.0 Å². The van der Waals surface area contributed by atoms with Gasteiger partial charge in [0.2, 0.25) is 5.91 Å². The van der Waals surface area contributed by atoms with Crippen LogP contribution in [-0.2, 0) is 9.59 Å². The van der Waals surface area contributed by atoms with Crippen molar-refractivity contribution in [1.82, 2.24) is 10.2 Å². The SMILES string of the molecule is CCOc1ccc(C(=O)NCC(=O)N2CC(C(=O)O)CCC2C)cc1. The van der Waals surface area contributed by atoms with Gasteiger partial charge >= 0.3 is 5.97 Å². The molecule has 7 nitrogen and oxygen atoms in total. The molecule has 0 saturated carbocycles. The van der Waals surface area contributed by atoms with Gasteiger partial charge in [-0.2, -0.15) is 0 Å². The van der Waals surface area contributed by atoms with Crippen LogP contribution in [-0.4, -0.2) is 53.5 Å². The Bertz CT molecular complexity index is 629. The third kappa shape index (κ3) is 4.95. The van der Waals surface area contributed by atoms with E-state index in [0.717, 1.165) is 0 Å². The lowest BCUT2D eigenvalue weighted by Crippen LogP contribution is -2.50. The summed E-state index contributed by atoms with van der Waals surface area (Å²) in [6.45, 7) is 4.36. The molecule has 7 heteroatoms. The van der Waals surface area contributed by atoms with E-state index >= 15 is 0 Å². The summed E-state index contributed by atoms with van der Waals surface area (Å²) < 4.78 is 5.32. The highest BCUT2D eigenvalue weighted by Crippen LogP contribution is 2.22. The molecule has 0 spiro atoms. The highest BCUT2D eigenvalue weighted by molar-refractivity contribution is 5.96. The molecule has 2 amide bonds. The molecule has 0 aliphatic carbocycles. The van der Waals surface area contributed by atoms with Crippen molar-refractivity contribution in [3.8, 4) is 5.75 Å². The van der Waals surface area contributed by atoms with Crippen LogP contribution in [0.5, 0.6) is 5.75 Å². The fourth-order valence-corrected chi connectivity index (χ4v) is 2.88. The summed E-state index contributed by atoms with van der Waals surface area (Å²) >= 11 is 0. The topological polar surface area (TPSA) is 95.9 Å². The zero-order valence-electron chi connectivity index (χ0n) is 14.5. The van der Waals surface area contributed by atoms with Gasteiger partial charge in [-0.05, 0) is 51.0 Å². The number of piperidine rings is 1. The van der Waals surface area contributed by atoms with Gasteiger partial charge in [-0.25, -0.2) is 0 Å². The van der Waals surface area contributed by atoms with E-state index in [1.54, 1.807) is 29.2 Å². The number of nitrogens with zero attached hydrogens (tertiary/aromatic N) is 1. The quantitative estimate of drug-likeness (QED) is 0.813. The Morgan fingerprint density at radius 3 is 2.52 bits per heavy atom. The van der Waals surface area contributed by atoms with E-state index in [4.69, 9.17) is 9.84 Å². The molecule has 25 heavy (non-hydrogen) atoms. The molecule has 1 heterocycles. The molecule has 0 aromatic heterocycles. The number of benzene rings is 1. The molecule has 1 saturated heterocycles. The molecule has 2 rings (SSSR count). The van der Waals surface area contributed by atoms with E-state index in [1.807, 2.05) is 13.8 Å². The van der Waals surface area contributed by atoms with Crippen molar-refractivity contribution < 1.29 is 24.2 Å². The molecule has 1 aromatic rings. The smallest absolute Gasteiger partial charge is 0.308 e. The molecule has 2 atom stereocenters. The lowest BCUT2D eigenvalue weighted by molar-refractivity contribution is -0.146. The van der Waals surface area contributed by atoms with Crippen LogP contribution in [0.25, 0.3) is 0 Å². The Morgan fingerprint density at radius 2 is 1.92 bits per heavy atom. The molecular formula is C18H24N2O5. The van der Waals surface area contributed by atoms with E-state index in [2.05, 4.69) is 5.32 Å². The fourth-order valence-electron chi connectivity index (χ4n) is 2.88. The third-order valence-corrected chi connectivity index (χ3v) is 4.38. The van der Waals surface area contributed by atoms with Crippen molar-refractivity contribution in [2.45, 2.75) is 32.7 Å². The van der Waals surface area contributed by atoms with Crippen molar-refractivity contribution in [3.63, 3.8) is 0 Å². The Hall–Kier alpha value is -2.57. The number of carbonyl (C=O) groups is 3. The maximum Gasteiger partial charge on any atom is 0.308 e. The molecule has 0 radical (unpaired) electrons. The second-order valence-corrected chi connectivity index (χ2v) is 6.15. The molecular weight excluding hydrogens is 324 g/mol. The van der Waals surface area contributed by atoms with Crippen LogP contribution < -0.4 is 10.1 Å². The van der Waals surface area contributed by atoms with Crippen LogP contribution in [0.3, 0.4) is 0 Å². The number of hydrogen-bond acceptors (Lipinski definition) is 4. The number of likely N-dealkylation sites (tertiary alicyclic amines) is 1. The van der Waals surface area contributed by atoms with E-state index in [-0.39, 0.29) is 30.9 Å². The van der Waals surface area contributed by atoms with Crippen LogP contribution >= 0.6 is 0 Å². The second kappa shape index (κ2) is 8.50. The third-order valence-electron chi connectivity index (χ3n) is 4.38. The van der Waals surface area contributed by atoms with Crippen molar-refractivity contribution >= 4 is 17.8 Å². The average Bonchev–Trinajstić information content (AvgIpc) is 2.60. The summed E-state index contributed by atoms with van der Waals surface area (Å²) in [5.74, 6) is -1.37. The minimum atomic E-state index is -0.886. The van der Waals surface area contributed by atoms with Crippen molar-refractivity contribution in [1.29, 1.82) is 0 Å². The van der Waals surface area contributed by atoms with Gasteiger partial charge in [0.15, 0.2) is 0 Å². The van der Waals surface area contributed by atoms with E-state index in [0.29, 0.717) is 30.8 Å². The van der Waals surface area contributed by atoms with Crippen molar-refractivity contribution in [2.75, 3.05) is 19.7 Å². The van der Waals surface area contributed by atoms with E-state index in [9.17, 15) is 14.4 Å². The first-order chi connectivity index (χ1) is 11.9. The van der Waals surface area contributed by atoms with Crippen LogP contribution in [0.15, 0.2) is 24.3 Å². The maximum absolute atomic E-state index is 12.4. The number of rotatable bonds is 6. The highest BCUT2D eigenvalue weighted by Gasteiger charge is 2.32. The van der Waals surface area contributed by atoms with Crippen LogP contribution in [0.4, 0.5) is 0 Å². The largest absolute Gasteiger partial charge is 0.494 e. The molecule has 1 aliphatic heterocycles. The monoisotopic (exact) mass is 348 g/mol. The zero-order chi connectivity index (χ0) is 18.4. The summed E-state index contributed by atoms with van der Waals surface area (Å²) in [5.41, 5.74) is 0.436. The Kier molecular flexibility index (Phi) is 6.38. The molecule has 2 unspecified atom stereocenters. The first kappa shape index (κ1) is 18.8. The molecule has 1 aliphatic rings. The number of hydrogen-bond donors (Lipinski definition) is 2. The second-order valence-electron chi connectivity index (χ2n) is 6.15. The summed E-state index contributed by atoms with van der Waals surface area (Å²) in [7, 11) is 0. The number of nitrogens with one attached hydrogen (secondary N) is 1. The number of carboxylic acid groups (broad SMARTS) is 1. The average molecular weight is 348 g/mol. The molecule has 2 N–H and O–H groups in total. The number of ether oxygens (including phenoxy) is 1. The zero-order valence-corrected chi connectivity index (χ0v) is 14.5. The van der Waals surface area contributed by atoms with Gasteiger partial charge in [-0.3, -0.25) is 14.4 Å². The lowest BCUT2D eigenvalue weighted by Gasteiger charge is -2.36. The van der Waals surface area contributed by atoms with Crippen molar-refractivity contribution in [3.05, 3.63) is 29.8 Å². The van der Waals surface area contributed by atoms with Crippen LogP contribution in [0, 0.1) is 5.92 Å². The summed E-state index contributed by atoms with van der Waals surface area (Å²) in [4.78, 5) is 37.2. The summed E-state index contributed by atoms with van der Waals surface area (Å²) in [5, 5.41) is 11.7. The number of aliphatic carboxylic acids is 1. The molecule has 136 valence electrons. The normalized spacial score (nSPS) is 20.0. The Labute approximate surface area is 147 Å². The Balaban J connectivity index is 1.89. The predicted molar refractivity (Wildman–Crippen MR) is 91.5 cm³/mol. The molecule has 0 bridgehead atoms. The van der Waals surface area contributed by atoms with Gasteiger partial charge in [0, 0.05) is 18.2 Å². The Morgan fingerprint density at radius 1 is 1.24 bits per heavy atom. The number of carboxylic acids is 1. The van der Waals surface area contributed by atoms with E-state index < -0.39 is 11.9 Å². The van der Waals surface area contributed by atoms with Gasteiger partial charge in [-0.1, -0.05) is 0 Å². The van der Waals surface area contributed by atoms with Gasteiger partial charge in [0.25, 0.3) is 5.91 Å². The molecule has 1 aromatic carbocycles. The standard InChI is InChI=1S/C18H24N2O5/c1-3-25-15-8-6-13(7-9-15)17(22)19-10-16(21)20-11-14(18(23)24)5-4-12(20)2/h6-9,12,14H,3-5,10-11H2,1-2H3,(H,19,22)(H,23,24). The fraction of sp³-hybridized carbons (Fsp3) is 0.500. The number of amides is 2. The summed E-state index contributed by atoms with van der Waals surface area (Å²) in [6.07, 6.45) is 1.22. The van der Waals surface area contributed by atoms with Gasteiger partial charge in [0.05, 0.1) is 19.1 Å². The first-order valence-corrected chi connectivity index (χ1v) is 8.45. The van der Waals surface area contributed by atoms with Crippen LogP contribution in [0.2, 0.25) is 0 Å². The summed E-state index contributed by atoms with van der Waals surface area (Å²) in [6, 6.07) is 6.64. The first-order valence-electron chi connectivity index (χ1n) is 8.45. The van der Waals surface area contributed by atoms with Gasteiger partial charge in [-0.15, -0.1) is 0 Å². The minimum absolute atomic E-state index is 0.0227. The van der Waals surface area contributed by atoms with Gasteiger partial charge < -0.3 is 20.1 Å².